The topological polar surface area (TPSA) is 17.1 Å². The van der Waals surface area contributed by atoms with Crippen LogP contribution in [0.5, 0.6) is 0 Å². The maximum atomic E-state index is 11.5. The Morgan fingerprint density at radius 2 is 1.92 bits per heavy atom. The summed E-state index contributed by atoms with van der Waals surface area (Å²) in [6.45, 7) is 0. The van der Waals surface area contributed by atoms with E-state index in [1.165, 1.54) is 11.8 Å². The zero-order chi connectivity index (χ0) is 9.68. The summed E-state index contributed by atoms with van der Waals surface area (Å²) in [7, 11) is 0. The average molecular weight is 324 g/mol. The van der Waals surface area contributed by atoms with Gasteiger partial charge in [0, 0.05) is 5.56 Å². The van der Waals surface area contributed by atoms with Gasteiger partial charge in [0.05, 0.1) is 5.75 Å². The van der Waals surface area contributed by atoms with Crippen LogP contribution in [0.15, 0.2) is 30.3 Å². The number of thioether (sulfide) groups is 1. The van der Waals surface area contributed by atoms with Gasteiger partial charge in [-0.3, -0.25) is 4.79 Å². The van der Waals surface area contributed by atoms with Gasteiger partial charge in [0.1, 0.15) is 3.07 Å². The minimum absolute atomic E-state index is 0.146. The number of carbonyl (C=O) groups is 1. The third-order valence-corrected chi connectivity index (χ3v) is 3.70. The number of halogens is 2. The Labute approximate surface area is 98.5 Å². The SMILES string of the molecule is O=C(CSC(Br)Br)c1ccccc1. The Kier molecular flexibility index (Phi) is 5.06. The van der Waals surface area contributed by atoms with Crippen molar-refractivity contribution in [2.45, 2.75) is 3.07 Å². The molecule has 70 valence electrons. The predicted molar refractivity (Wildman–Crippen MR) is 64.9 cm³/mol. The molecule has 1 aromatic carbocycles. The first kappa shape index (κ1) is 11.3. The second-order valence-electron chi connectivity index (χ2n) is 2.36. The summed E-state index contributed by atoms with van der Waals surface area (Å²) in [6, 6.07) is 9.32. The molecule has 1 aromatic rings. The molecule has 0 unspecified atom stereocenters. The van der Waals surface area contributed by atoms with E-state index in [0.717, 1.165) is 5.56 Å². The van der Waals surface area contributed by atoms with Gasteiger partial charge in [-0.05, 0) is 0 Å². The van der Waals surface area contributed by atoms with Crippen molar-refractivity contribution in [2.75, 3.05) is 5.75 Å². The molecule has 0 aliphatic heterocycles. The number of benzene rings is 1. The highest BCUT2D eigenvalue weighted by molar-refractivity contribution is 9.27. The van der Waals surface area contributed by atoms with Crippen LogP contribution in [0.25, 0.3) is 0 Å². The molecule has 0 heterocycles. The first-order chi connectivity index (χ1) is 6.20. The first-order valence-electron chi connectivity index (χ1n) is 3.68. The fraction of sp³-hybridized carbons (Fsp3) is 0.222. The molecule has 0 aliphatic carbocycles. The maximum absolute atomic E-state index is 11.5. The van der Waals surface area contributed by atoms with Crippen LogP contribution in [0.1, 0.15) is 10.4 Å². The molecule has 0 radical (unpaired) electrons. The zero-order valence-corrected chi connectivity index (χ0v) is 10.7. The van der Waals surface area contributed by atoms with Crippen molar-refractivity contribution < 1.29 is 4.79 Å². The quantitative estimate of drug-likeness (QED) is 0.621. The van der Waals surface area contributed by atoms with Crippen molar-refractivity contribution in [2.24, 2.45) is 0 Å². The number of hydrogen-bond acceptors (Lipinski definition) is 2. The van der Waals surface area contributed by atoms with Gasteiger partial charge in [-0.15, -0.1) is 11.8 Å². The minimum atomic E-state index is 0.146. The minimum Gasteiger partial charge on any atom is -0.293 e. The van der Waals surface area contributed by atoms with Crippen LogP contribution in [-0.2, 0) is 0 Å². The molecule has 0 N–H and O–H groups in total. The van der Waals surface area contributed by atoms with E-state index in [9.17, 15) is 4.79 Å². The number of Topliss-reactive ketones (excluding diaryl/α,β-unsaturated/α-hetero) is 1. The molecule has 0 amide bonds. The molecule has 0 aromatic heterocycles. The van der Waals surface area contributed by atoms with Crippen molar-refractivity contribution in [3.8, 4) is 0 Å². The summed E-state index contributed by atoms with van der Waals surface area (Å²) in [6.07, 6.45) is 0. The second-order valence-corrected chi connectivity index (χ2v) is 7.73. The number of hydrogen-bond donors (Lipinski definition) is 0. The van der Waals surface area contributed by atoms with Crippen molar-refractivity contribution in [1.29, 1.82) is 0 Å². The molecule has 0 aliphatic rings. The predicted octanol–water partition coefficient (Wildman–Crippen LogP) is 3.68. The van der Waals surface area contributed by atoms with Crippen molar-refractivity contribution in [1.82, 2.24) is 0 Å². The van der Waals surface area contributed by atoms with Crippen molar-refractivity contribution in [3.05, 3.63) is 35.9 Å². The number of alkyl halides is 2. The smallest absolute Gasteiger partial charge is 0.172 e. The summed E-state index contributed by atoms with van der Waals surface area (Å²) in [5.74, 6) is 0.653. The first-order valence-corrected chi connectivity index (χ1v) is 6.56. The third-order valence-electron chi connectivity index (χ3n) is 1.44. The molecule has 1 nitrogen and oxygen atoms in total. The van der Waals surface area contributed by atoms with E-state index in [1.54, 1.807) is 0 Å². The number of rotatable bonds is 4. The summed E-state index contributed by atoms with van der Waals surface area (Å²) in [5, 5.41) is 0. The Morgan fingerprint density at radius 1 is 1.31 bits per heavy atom. The molecule has 13 heavy (non-hydrogen) atoms. The highest BCUT2D eigenvalue weighted by Crippen LogP contribution is 2.23. The van der Waals surface area contributed by atoms with E-state index in [-0.39, 0.29) is 8.85 Å². The van der Waals surface area contributed by atoms with Crippen molar-refractivity contribution in [3.63, 3.8) is 0 Å². The lowest BCUT2D eigenvalue weighted by Crippen LogP contribution is -2.02. The standard InChI is InChI=1S/C9H8Br2OS/c10-9(11)13-6-8(12)7-4-2-1-3-5-7/h1-5,9H,6H2. The van der Waals surface area contributed by atoms with Gasteiger partial charge in [-0.25, -0.2) is 0 Å². The lowest BCUT2D eigenvalue weighted by molar-refractivity contribution is 0.102. The Hall–Kier alpha value is 0.200. The monoisotopic (exact) mass is 322 g/mol. The molecular weight excluding hydrogens is 316 g/mol. The van der Waals surface area contributed by atoms with Crippen LogP contribution in [-0.4, -0.2) is 14.6 Å². The van der Waals surface area contributed by atoms with Crippen molar-refractivity contribution >= 4 is 49.4 Å². The molecule has 0 saturated heterocycles. The van der Waals surface area contributed by atoms with E-state index in [2.05, 4.69) is 31.9 Å². The van der Waals surface area contributed by atoms with Gasteiger partial charge < -0.3 is 0 Å². The van der Waals surface area contributed by atoms with E-state index in [0.29, 0.717) is 5.75 Å². The van der Waals surface area contributed by atoms with Crippen LogP contribution < -0.4 is 0 Å². The van der Waals surface area contributed by atoms with Crippen LogP contribution in [0.4, 0.5) is 0 Å². The second kappa shape index (κ2) is 5.83. The highest BCUT2D eigenvalue weighted by Gasteiger charge is 2.07. The average Bonchev–Trinajstić information content (AvgIpc) is 2.15. The largest absolute Gasteiger partial charge is 0.293 e. The molecule has 1 rings (SSSR count). The number of ketones is 1. The van der Waals surface area contributed by atoms with Crippen LogP contribution in [0, 0.1) is 0 Å². The van der Waals surface area contributed by atoms with E-state index < -0.39 is 0 Å². The van der Waals surface area contributed by atoms with Gasteiger partial charge in [-0.1, -0.05) is 62.2 Å². The summed E-state index contributed by atoms with van der Waals surface area (Å²) in [4.78, 5) is 11.5. The van der Waals surface area contributed by atoms with Gasteiger partial charge in [-0.2, -0.15) is 0 Å². The molecular formula is C9H8Br2OS. The number of carbonyl (C=O) groups excluding carboxylic acids is 1. The normalized spacial score (nSPS) is 10.4. The summed E-state index contributed by atoms with van der Waals surface area (Å²) < 4.78 is 0.146. The fourth-order valence-corrected chi connectivity index (χ4v) is 2.08. The molecule has 0 atom stereocenters. The molecule has 0 fully saturated rings. The van der Waals surface area contributed by atoms with Gasteiger partial charge >= 0.3 is 0 Å². The fourth-order valence-electron chi connectivity index (χ4n) is 0.846. The lowest BCUT2D eigenvalue weighted by atomic mass is 10.2. The Morgan fingerprint density at radius 3 is 2.46 bits per heavy atom. The van der Waals surface area contributed by atoms with E-state index >= 15 is 0 Å². The Balaban J connectivity index is 2.50. The summed E-state index contributed by atoms with van der Waals surface area (Å²) >= 11 is 8.12. The van der Waals surface area contributed by atoms with Crippen LogP contribution >= 0.6 is 43.6 Å². The van der Waals surface area contributed by atoms with E-state index in [1.807, 2.05) is 30.3 Å². The third kappa shape index (κ3) is 4.29. The highest BCUT2D eigenvalue weighted by atomic mass is 79.9. The lowest BCUT2D eigenvalue weighted by Gasteiger charge is -2.01. The maximum Gasteiger partial charge on any atom is 0.172 e. The van der Waals surface area contributed by atoms with Gasteiger partial charge in [0.25, 0.3) is 0 Å². The summed E-state index contributed by atoms with van der Waals surface area (Å²) in [5.41, 5.74) is 0.774. The van der Waals surface area contributed by atoms with E-state index in [4.69, 9.17) is 0 Å². The molecule has 0 saturated carbocycles. The Bertz CT molecular complexity index is 274. The zero-order valence-electron chi connectivity index (χ0n) is 6.74. The van der Waals surface area contributed by atoms with Gasteiger partial charge in [0.2, 0.25) is 0 Å². The van der Waals surface area contributed by atoms with Crippen LogP contribution in [0.2, 0.25) is 0 Å². The molecule has 0 bridgehead atoms. The van der Waals surface area contributed by atoms with Crippen LogP contribution in [0.3, 0.4) is 0 Å². The van der Waals surface area contributed by atoms with Gasteiger partial charge in [0.15, 0.2) is 5.78 Å². The molecule has 4 heteroatoms. The molecule has 0 spiro atoms.